The summed E-state index contributed by atoms with van der Waals surface area (Å²) in [6, 6.07) is 20.4. The second-order valence-corrected chi connectivity index (χ2v) is 7.13. The predicted octanol–water partition coefficient (Wildman–Crippen LogP) is 4.70. The number of hydrogen-bond acceptors (Lipinski definition) is 4. The molecule has 4 nitrogen and oxygen atoms in total. The second-order valence-electron chi connectivity index (χ2n) is 6.15. The quantitative estimate of drug-likeness (QED) is 0.732. The van der Waals surface area contributed by atoms with Gasteiger partial charge in [0.1, 0.15) is 5.76 Å². The van der Waals surface area contributed by atoms with Crippen LogP contribution in [0.1, 0.15) is 23.7 Å². The van der Waals surface area contributed by atoms with Gasteiger partial charge in [-0.1, -0.05) is 42.5 Å². The van der Waals surface area contributed by atoms with Crippen LogP contribution in [-0.2, 0) is 10.5 Å². The molecule has 0 spiro atoms. The minimum atomic E-state index is -0.317. The molecule has 1 N–H and O–H groups in total. The van der Waals surface area contributed by atoms with E-state index in [4.69, 9.17) is 4.42 Å². The lowest BCUT2D eigenvalue weighted by molar-refractivity contribution is -0.120. The Balaban J connectivity index is 1.60. The van der Waals surface area contributed by atoms with E-state index in [2.05, 4.69) is 41.7 Å². The van der Waals surface area contributed by atoms with Crippen LogP contribution in [0.3, 0.4) is 0 Å². The van der Waals surface area contributed by atoms with Crippen LogP contribution in [0.25, 0.3) is 10.8 Å². The van der Waals surface area contributed by atoms with Crippen LogP contribution >= 0.6 is 11.8 Å². The standard InChI is InChI=1S/C21H16N2O2S/c22-12-18-17(19-6-3-9-25-19)11-20(24)23-21(18)26-13-14-7-8-15-4-1-2-5-16(15)10-14/h1-10,17H,11,13H2,(H,23,24)/t17-/m0/s1. The summed E-state index contributed by atoms with van der Waals surface area (Å²) in [5.74, 6) is 0.922. The summed E-state index contributed by atoms with van der Waals surface area (Å²) in [7, 11) is 0. The molecule has 4 rings (SSSR count). The Morgan fingerprint density at radius 3 is 2.77 bits per heavy atom. The molecule has 0 bridgehead atoms. The van der Waals surface area contributed by atoms with E-state index >= 15 is 0 Å². The topological polar surface area (TPSA) is 66.0 Å². The van der Waals surface area contributed by atoms with Crippen LogP contribution in [0.15, 0.2) is 75.9 Å². The van der Waals surface area contributed by atoms with Crippen molar-refractivity contribution in [3.05, 3.63) is 82.8 Å². The lowest BCUT2D eigenvalue weighted by atomic mass is 9.92. The van der Waals surface area contributed by atoms with Crippen molar-refractivity contribution in [2.45, 2.75) is 18.1 Å². The number of thioether (sulfide) groups is 1. The van der Waals surface area contributed by atoms with Crippen molar-refractivity contribution in [3.8, 4) is 6.07 Å². The third kappa shape index (κ3) is 3.24. The number of nitriles is 1. The predicted molar refractivity (Wildman–Crippen MR) is 102 cm³/mol. The first-order chi connectivity index (χ1) is 12.7. The van der Waals surface area contributed by atoms with Crippen LogP contribution in [0, 0.1) is 11.3 Å². The van der Waals surface area contributed by atoms with Gasteiger partial charge in [-0.25, -0.2) is 0 Å². The summed E-state index contributed by atoms with van der Waals surface area (Å²) >= 11 is 1.48. The smallest absolute Gasteiger partial charge is 0.225 e. The number of nitrogens with zero attached hydrogens (tertiary/aromatic N) is 1. The number of allylic oxidation sites excluding steroid dienone is 1. The van der Waals surface area contributed by atoms with E-state index in [-0.39, 0.29) is 18.2 Å². The Morgan fingerprint density at radius 1 is 1.15 bits per heavy atom. The molecule has 26 heavy (non-hydrogen) atoms. The fourth-order valence-corrected chi connectivity index (χ4v) is 4.17. The number of rotatable bonds is 4. The largest absolute Gasteiger partial charge is 0.469 e. The minimum absolute atomic E-state index is 0.0913. The zero-order valence-corrected chi connectivity index (χ0v) is 14.8. The Morgan fingerprint density at radius 2 is 2.00 bits per heavy atom. The second kappa shape index (κ2) is 7.11. The van der Waals surface area contributed by atoms with Gasteiger partial charge in [0.15, 0.2) is 0 Å². The van der Waals surface area contributed by atoms with Crippen molar-refractivity contribution >= 4 is 28.4 Å². The van der Waals surface area contributed by atoms with E-state index in [0.717, 1.165) is 5.56 Å². The van der Waals surface area contributed by atoms with Crippen LogP contribution in [0.4, 0.5) is 0 Å². The minimum Gasteiger partial charge on any atom is -0.469 e. The van der Waals surface area contributed by atoms with E-state index in [0.29, 0.717) is 22.1 Å². The van der Waals surface area contributed by atoms with E-state index in [1.165, 1.54) is 22.5 Å². The number of carbonyl (C=O) groups excluding carboxylic acids is 1. The fraction of sp³-hybridized carbons (Fsp3) is 0.143. The molecule has 2 aromatic carbocycles. The number of hydrogen-bond donors (Lipinski definition) is 1. The highest BCUT2D eigenvalue weighted by atomic mass is 32.2. The summed E-state index contributed by atoms with van der Waals surface area (Å²) in [5.41, 5.74) is 1.71. The van der Waals surface area contributed by atoms with Gasteiger partial charge in [-0.2, -0.15) is 5.26 Å². The van der Waals surface area contributed by atoms with Gasteiger partial charge in [-0.15, -0.1) is 11.8 Å². The first-order valence-electron chi connectivity index (χ1n) is 8.32. The summed E-state index contributed by atoms with van der Waals surface area (Å²) < 4.78 is 5.44. The zero-order chi connectivity index (χ0) is 17.9. The first-order valence-corrected chi connectivity index (χ1v) is 9.31. The fourth-order valence-electron chi connectivity index (χ4n) is 3.15. The average Bonchev–Trinajstić information content (AvgIpc) is 3.20. The van der Waals surface area contributed by atoms with Gasteiger partial charge >= 0.3 is 0 Å². The van der Waals surface area contributed by atoms with Crippen LogP contribution in [0.5, 0.6) is 0 Å². The molecule has 1 atom stereocenters. The molecule has 1 amide bonds. The highest BCUT2D eigenvalue weighted by Crippen LogP contribution is 2.37. The lowest BCUT2D eigenvalue weighted by Gasteiger charge is -2.23. The van der Waals surface area contributed by atoms with Gasteiger partial charge in [0, 0.05) is 12.2 Å². The Hall–Kier alpha value is -2.97. The number of carbonyl (C=O) groups is 1. The maximum absolute atomic E-state index is 12.1. The molecule has 0 fully saturated rings. The maximum Gasteiger partial charge on any atom is 0.225 e. The normalized spacial score (nSPS) is 17.2. The summed E-state index contributed by atoms with van der Waals surface area (Å²) in [4.78, 5) is 12.1. The van der Waals surface area contributed by atoms with Crippen LogP contribution < -0.4 is 5.32 Å². The molecule has 1 aromatic heterocycles. The van der Waals surface area contributed by atoms with Gasteiger partial charge in [-0.3, -0.25) is 4.79 Å². The Kier molecular flexibility index (Phi) is 4.51. The number of benzene rings is 2. The molecule has 5 heteroatoms. The molecule has 128 valence electrons. The number of furan rings is 1. The number of fused-ring (bicyclic) bond motifs is 1. The van der Waals surface area contributed by atoms with E-state index in [9.17, 15) is 10.1 Å². The van der Waals surface area contributed by atoms with Gasteiger partial charge in [-0.05, 0) is 28.5 Å². The molecule has 2 heterocycles. The van der Waals surface area contributed by atoms with Gasteiger partial charge in [0.25, 0.3) is 0 Å². The molecule has 0 saturated carbocycles. The van der Waals surface area contributed by atoms with E-state index < -0.39 is 0 Å². The molecule has 0 radical (unpaired) electrons. The molecule has 1 aliphatic rings. The zero-order valence-electron chi connectivity index (χ0n) is 13.9. The summed E-state index contributed by atoms with van der Waals surface area (Å²) in [6.45, 7) is 0. The average molecular weight is 360 g/mol. The summed E-state index contributed by atoms with van der Waals surface area (Å²) in [6.07, 6.45) is 1.80. The highest BCUT2D eigenvalue weighted by Gasteiger charge is 2.31. The molecule has 0 unspecified atom stereocenters. The maximum atomic E-state index is 12.1. The summed E-state index contributed by atoms with van der Waals surface area (Å²) in [5, 5.41) is 15.5. The van der Waals surface area contributed by atoms with Crippen LogP contribution in [0.2, 0.25) is 0 Å². The van der Waals surface area contributed by atoms with Gasteiger partial charge in [0.05, 0.1) is 28.9 Å². The van der Waals surface area contributed by atoms with Crippen LogP contribution in [-0.4, -0.2) is 5.91 Å². The third-order valence-electron chi connectivity index (χ3n) is 4.44. The molecule has 0 aliphatic carbocycles. The molecular formula is C21H16N2O2S. The number of amides is 1. The van der Waals surface area contributed by atoms with E-state index in [1.54, 1.807) is 12.3 Å². The van der Waals surface area contributed by atoms with Crippen molar-refractivity contribution < 1.29 is 9.21 Å². The lowest BCUT2D eigenvalue weighted by Crippen LogP contribution is -2.30. The van der Waals surface area contributed by atoms with Gasteiger partial charge < -0.3 is 9.73 Å². The van der Waals surface area contributed by atoms with Crippen molar-refractivity contribution in [3.63, 3.8) is 0 Å². The molecule has 1 aliphatic heterocycles. The third-order valence-corrected chi connectivity index (χ3v) is 5.53. The van der Waals surface area contributed by atoms with Crippen molar-refractivity contribution in [2.75, 3.05) is 0 Å². The van der Waals surface area contributed by atoms with Crippen molar-refractivity contribution in [2.24, 2.45) is 0 Å². The highest BCUT2D eigenvalue weighted by molar-refractivity contribution is 8.02. The monoisotopic (exact) mass is 360 g/mol. The SMILES string of the molecule is N#CC1=C(SCc2ccc3ccccc3c2)NC(=O)C[C@@H]1c1ccco1. The first kappa shape index (κ1) is 16.5. The molecule has 0 saturated heterocycles. The molecule has 3 aromatic rings. The van der Waals surface area contributed by atoms with Gasteiger partial charge in [0.2, 0.25) is 5.91 Å². The van der Waals surface area contributed by atoms with E-state index in [1.807, 2.05) is 18.2 Å². The molecular weight excluding hydrogens is 344 g/mol. The van der Waals surface area contributed by atoms with Crippen molar-refractivity contribution in [1.82, 2.24) is 5.32 Å². The Bertz CT molecular complexity index is 1030. The van der Waals surface area contributed by atoms with Crippen molar-refractivity contribution in [1.29, 1.82) is 5.26 Å². The Labute approximate surface area is 155 Å². The number of nitrogens with one attached hydrogen (secondary N) is 1.